The molecule has 0 amide bonds. The molecule has 0 unspecified atom stereocenters. The molecule has 3 rings (SSSR count). The Bertz CT molecular complexity index is 1090. The van der Waals surface area contributed by atoms with Crippen molar-refractivity contribution in [2.24, 2.45) is 0 Å². The molecule has 26 heavy (non-hydrogen) atoms. The van der Waals surface area contributed by atoms with Gasteiger partial charge in [0, 0.05) is 22.7 Å². The molecule has 0 bridgehead atoms. The monoisotopic (exact) mass is 372 g/mol. The fraction of sp³-hybridized carbons (Fsp3) is 0.111. The summed E-state index contributed by atoms with van der Waals surface area (Å²) in [4.78, 5) is 27.6. The maximum Gasteiger partial charge on any atom is 0.340 e. The lowest BCUT2D eigenvalue weighted by atomic mass is 10.1. The van der Waals surface area contributed by atoms with Crippen molar-refractivity contribution in [3.8, 4) is 0 Å². The van der Waals surface area contributed by atoms with Crippen molar-refractivity contribution >= 4 is 38.4 Å². The Kier molecular flexibility index (Phi) is 4.77. The molecule has 2 aromatic carbocycles. The van der Waals surface area contributed by atoms with Crippen molar-refractivity contribution in [2.45, 2.75) is 0 Å². The van der Waals surface area contributed by atoms with Gasteiger partial charge >= 0.3 is 5.97 Å². The van der Waals surface area contributed by atoms with Crippen LogP contribution in [0.4, 0.5) is 5.69 Å². The van der Waals surface area contributed by atoms with Crippen molar-refractivity contribution in [2.75, 3.05) is 17.6 Å². The number of Topliss-reactive ketones (excluding diaryl/α,β-unsaturated/α-hetero) is 1. The zero-order chi connectivity index (χ0) is 18.7. The minimum absolute atomic E-state index is 0.0321. The van der Waals surface area contributed by atoms with Crippen LogP contribution < -0.4 is 4.72 Å². The molecule has 0 aliphatic rings. The number of hydrogen-bond acceptors (Lipinski definition) is 5. The Hall–Kier alpha value is -3.13. The summed E-state index contributed by atoms with van der Waals surface area (Å²) in [5.74, 6) is -1.14. The largest absolute Gasteiger partial charge is 0.454 e. The third kappa shape index (κ3) is 3.92. The standard InChI is InChI=1S/C18H16N2O5S/c1-26(23,24)20-16-9-5-3-7-13(16)18(22)25-11-17(21)14-10-19-15-8-4-2-6-12(14)15/h2-10,19-20H,11H2,1H3. The van der Waals surface area contributed by atoms with Gasteiger partial charge in [-0.15, -0.1) is 0 Å². The molecule has 1 aromatic heterocycles. The summed E-state index contributed by atoms with van der Waals surface area (Å²) in [7, 11) is -3.55. The van der Waals surface area contributed by atoms with E-state index in [1.807, 2.05) is 18.2 Å². The van der Waals surface area contributed by atoms with Crippen LogP contribution in [0.5, 0.6) is 0 Å². The van der Waals surface area contributed by atoms with E-state index in [1.165, 1.54) is 12.1 Å². The molecule has 3 aromatic rings. The highest BCUT2D eigenvalue weighted by molar-refractivity contribution is 7.92. The summed E-state index contributed by atoms with van der Waals surface area (Å²) in [6.45, 7) is -0.451. The second-order valence-corrected chi connectivity index (χ2v) is 7.42. The zero-order valence-electron chi connectivity index (χ0n) is 13.9. The van der Waals surface area contributed by atoms with Gasteiger partial charge in [0.2, 0.25) is 15.8 Å². The van der Waals surface area contributed by atoms with Crippen LogP contribution in [0.2, 0.25) is 0 Å². The highest BCUT2D eigenvalue weighted by atomic mass is 32.2. The minimum Gasteiger partial charge on any atom is -0.454 e. The van der Waals surface area contributed by atoms with Gasteiger partial charge in [-0.3, -0.25) is 9.52 Å². The van der Waals surface area contributed by atoms with E-state index in [0.29, 0.717) is 5.56 Å². The molecule has 0 aliphatic carbocycles. The quantitative estimate of drug-likeness (QED) is 0.511. The van der Waals surface area contributed by atoms with E-state index < -0.39 is 22.6 Å². The molecule has 1 heterocycles. The van der Waals surface area contributed by atoms with Gasteiger partial charge in [-0.05, 0) is 18.2 Å². The summed E-state index contributed by atoms with van der Waals surface area (Å²) >= 11 is 0. The number of rotatable bonds is 6. The van der Waals surface area contributed by atoms with Gasteiger partial charge in [0.25, 0.3) is 0 Å². The number of carbonyl (C=O) groups is 2. The lowest BCUT2D eigenvalue weighted by Crippen LogP contribution is -2.17. The molecule has 0 radical (unpaired) electrons. The number of hydrogen-bond donors (Lipinski definition) is 2. The normalized spacial score (nSPS) is 11.3. The zero-order valence-corrected chi connectivity index (χ0v) is 14.7. The molecule has 0 fully saturated rings. The molecule has 0 saturated heterocycles. The molecule has 0 spiro atoms. The van der Waals surface area contributed by atoms with Crippen LogP contribution >= 0.6 is 0 Å². The topological polar surface area (TPSA) is 105 Å². The maximum absolute atomic E-state index is 12.4. The van der Waals surface area contributed by atoms with E-state index in [1.54, 1.807) is 24.4 Å². The molecule has 2 N–H and O–H groups in total. The second kappa shape index (κ2) is 7.01. The molecule has 134 valence electrons. The number of ether oxygens (including phenoxy) is 1. The Morgan fingerprint density at radius 1 is 1.04 bits per heavy atom. The van der Waals surface area contributed by atoms with Crippen molar-refractivity contribution in [1.82, 2.24) is 4.98 Å². The first-order valence-electron chi connectivity index (χ1n) is 7.68. The van der Waals surface area contributed by atoms with Gasteiger partial charge in [0.05, 0.1) is 17.5 Å². The molecular formula is C18H16N2O5S. The van der Waals surface area contributed by atoms with E-state index in [0.717, 1.165) is 17.2 Å². The van der Waals surface area contributed by atoms with Crippen LogP contribution in [0.25, 0.3) is 10.9 Å². The fourth-order valence-corrected chi connectivity index (χ4v) is 3.12. The highest BCUT2D eigenvalue weighted by Gasteiger charge is 2.18. The van der Waals surface area contributed by atoms with Crippen molar-refractivity contribution in [3.63, 3.8) is 0 Å². The van der Waals surface area contributed by atoms with Crippen LogP contribution in [0.3, 0.4) is 0 Å². The summed E-state index contributed by atoms with van der Waals surface area (Å²) in [6, 6.07) is 13.3. The summed E-state index contributed by atoms with van der Waals surface area (Å²) in [6.07, 6.45) is 2.55. The van der Waals surface area contributed by atoms with Crippen molar-refractivity contribution in [1.29, 1.82) is 0 Å². The minimum atomic E-state index is -3.55. The number of anilines is 1. The van der Waals surface area contributed by atoms with Gasteiger partial charge in [-0.2, -0.15) is 0 Å². The van der Waals surface area contributed by atoms with E-state index in [9.17, 15) is 18.0 Å². The summed E-state index contributed by atoms with van der Waals surface area (Å²) in [5, 5.41) is 0.743. The number of nitrogens with one attached hydrogen (secondary N) is 2. The van der Waals surface area contributed by atoms with Crippen LogP contribution in [0.15, 0.2) is 54.7 Å². The van der Waals surface area contributed by atoms with Crippen molar-refractivity contribution in [3.05, 3.63) is 65.9 Å². The Morgan fingerprint density at radius 2 is 1.73 bits per heavy atom. The molecule has 8 heteroatoms. The van der Waals surface area contributed by atoms with E-state index in [-0.39, 0.29) is 17.0 Å². The molecule has 0 atom stereocenters. The van der Waals surface area contributed by atoms with Crippen molar-refractivity contribution < 1.29 is 22.7 Å². The number of para-hydroxylation sites is 2. The molecule has 0 saturated carbocycles. The van der Waals surface area contributed by atoms with E-state index in [2.05, 4.69) is 9.71 Å². The number of aromatic amines is 1. The van der Waals surface area contributed by atoms with Gasteiger partial charge in [0.15, 0.2) is 6.61 Å². The van der Waals surface area contributed by atoms with E-state index >= 15 is 0 Å². The number of esters is 1. The second-order valence-electron chi connectivity index (χ2n) is 5.67. The van der Waals surface area contributed by atoms with Crippen LogP contribution in [-0.4, -0.2) is 38.0 Å². The van der Waals surface area contributed by atoms with E-state index in [4.69, 9.17) is 4.74 Å². The SMILES string of the molecule is CS(=O)(=O)Nc1ccccc1C(=O)OCC(=O)c1c[nH]c2ccccc12. The third-order valence-corrected chi connectivity index (χ3v) is 4.26. The fourth-order valence-electron chi connectivity index (χ4n) is 2.54. The predicted molar refractivity (Wildman–Crippen MR) is 97.8 cm³/mol. The Morgan fingerprint density at radius 3 is 2.50 bits per heavy atom. The molecule has 0 aliphatic heterocycles. The number of carbonyl (C=O) groups excluding carboxylic acids is 2. The predicted octanol–water partition coefficient (Wildman–Crippen LogP) is 2.58. The van der Waals surface area contributed by atoms with Crippen LogP contribution in [0.1, 0.15) is 20.7 Å². The highest BCUT2D eigenvalue weighted by Crippen LogP contribution is 2.20. The first-order chi connectivity index (χ1) is 12.3. The average molecular weight is 372 g/mol. The number of fused-ring (bicyclic) bond motifs is 1. The molecule has 7 nitrogen and oxygen atoms in total. The lowest BCUT2D eigenvalue weighted by Gasteiger charge is -2.10. The Balaban J connectivity index is 1.74. The number of sulfonamides is 1. The van der Waals surface area contributed by atoms with Gasteiger partial charge < -0.3 is 9.72 Å². The first-order valence-corrected chi connectivity index (χ1v) is 9.57. The van der Waals surface area contributed by atoms with Crippen LogP contribution in [-0.2, 0) is 14.8 Å². The first kappa shape index (κ1) is 17.7. The van der Waals surface area contributed by atoms with Gasteiger partial charge in [-0.1, -0.05) is 30.3 Å². The average Bonchev–Trinajstić information content (AvgIpc) is 3.02. The third-order valence-electron chi connectivity index (χ3n) is 3.67. The lowest BCUT2D eigenvalue weighted by molar-refractivity contribution is 0.0476. The number of benzene rings is 2. The maximum atomic E-state index is 12.4. The Labute approximate surface area is 150 Å². The van der Waals surface area contributed by atoms with Crippen LogP contribution in [0, 0.1) is 0 Å². The summed E-state index contributed by atoms with van der Waals surface area (Å²) in [5.41, 5.74) is 1.37. The smallest absolute Gasteiger partial charge is 0.340 e. The number of aromatic nitrogens is 1. The summed E-state index contributed by atoms with van der Waals surface area (Å²) < 4.78 is 30.1. The van der Waals surface area contributed by atoms with Gasteiger partial charge in [-0.25, -0.2) is 13.2 Å². The number of H-pyrrole nitrogens is 1. The number of ketones is 1. The molecular weight excluding hydrogens is 356 g/mol. The van der Waals surface area contributed by atoms with Gasteiger partial charge in [0.1, 0.15) is 0 Å².